The maximum atomic E-state index is 13.0. The first-order valence-electron chi connectivity index (χ1n) is 5.38. The van der Waals surface area contributed by atoms with Crippen molar-refractivity contribution in [3.63, 3.8) is 0 Å². The highest BCUT2D eigenvalue weighted by molar-refractivity contribution is 5.39. The van der Waals surface area contributed by atoms with Crippen LogP contribution in [-0.4, -0.2) is 13.0 Å². The van der Waals surface area contributed by atoms with Crippen molar-refractivity contribution in [2.45, 2.75) is 39.0 Å². The van der Waals surface area contributed by atoms with Crippen molar-refractivity contribution >= 4 is 0 Å². The summed E-state index contributed by atoms with van der Waals surface area (Å²) in [7, 11) is 1.50. The average Bonchev–Trinajstić information content (AvgIpc) is 2.15. The molecule has 1 nitrogen and oxygen atoms in total. The molecule has 0 amide bonds. The third kappa shape index (κ3) is 3.47. The molecule has 90 valence electrons. The van der Waals surface area contributed by atoms with Crippen LogP contribution in [0, 0.1) is 0 Å². The Morgan fingerprint density at radius 1 is 1.31 bits per heavy atom. The Labute approximate surface area is 95.4 Å². The van der Waals surface area contributed by atoms with Crippen molar-refractivity contribution in [1.29, 1.82) is 0 Å². The fourth-order valence-corrected chi connectivity index (χ4v) is 1.63. The molecular formula is C13H18F2O. The molecule has 0 aliphatic rings. The van der Waals surface area contributed by atoms with E-state index >= 15 is 0 Å². The molecule has 0 N–H and O–H groups in total. The van der Waals surface area contributed by atoms with Crippen LogP contribution in [0.5, 0.6) is 5.75 Å². The number of methoxy groups -OCH3 is 1. The van der Waals surface area contributed by atoms with Gasteiger partial charge in [0.2, 0.25) is 5.92 Å². The second kappa shape index (κ2) is 4.81. The zero-order valence-corrected chi connectivity index (χ0v) is 10.2. The van der Waals surface area contributed by atoms with E-state index < -0.39 is 5.92 Å². The smallest absolute Gasteiger partial charge is 0.249 e. The Morgan fingerprint density at radius 2 is 1.94 bits per heavy atom. The van der Waals surface area contributed by atoms with E-state index in [-0.39, 0.29) is 6.42 Å². The molecule has 1 rings (SSSR count). The molecule has 0 saturated heterocycles. The van der Waals surface area contributed by atoms with Crippen molar-refractivity contribution < 1.29 is 13.5 Å². The van der Waals surface area contributed by atoms with E-state index in [0.29, 0.717) is 17.2 Å². The average molecular weight is 228 g/mol. The van der Waals surface area contributed by atoms with E-state index in [9.17, 15) is 8.78 Å². The first-order valence-corrected chi connectivity index (χ1v) is 5.38. The van der Waals surface area contributed by atoms with E-state index in [0.717, 1.165) is 12.5 Å². The van der Waals surface area contributed by atoms with Gasteiger partial charge < -0.3 is 4.74 Å². The molecule has 0 heterocycles. The quantitative estimate of drug-likeness (QED) is 0.756. The summed E-state index contributed by atoms with van der Waals surface area (Å²) in [5.41, 5.74) is 1.63. The molecular weight excluding hydrogens is 210 g/mol. The second-order valence-corrected chi connectivity index (χ2v) is 4.47. The van der Waals surface area contributed by atoms with Gasteiger partial charge in [-0.2, -0.15) is 0 Å². The van der Waals surface area contributed by atoms with Crippen LogP contribution in [0.2, 0.25) is 0 Å². The van der Waals surface area contributed by atoms with Gasteiger partial charge in [-0.1, -0.05) is 26.0 Å². The minimum atomic E-state index is -2.71. The molecule has 0 aliphatic heterocycles. The van der Waals surface area contributed by atoms with Crippen molar-refractivity contribution in [1.82, 2.24) is 0 Å². The van der Waals surface area contributed by atoms with E-state index in [4.69, 9.17) is 4.74 Å². The van der Waals surface area contributed by atoms with Crippen molar-refractivity contribution in [3.05, 3.63) is 29.3 Å². The van der Waals surface area contributed by atoms with Gasteiger partial charge in [0.1, 0.15) is 5.75 Å². The highest BCUT2D eigenvalue weighted by atomic mass is 19.3. The van der Waals surface area contributed by atoms with Crippen LogP contribution in [0.25, 0.3) is 0 Å². The first kappa shape index (κ1) is 12.9. The van der Waals surface area contributed by atoms with Crippen molar-refractivity contribution in [3.8, 4) is 5.75 Å². The predicted molar refractivity (Wildman–Crippen MR) is 61.4 cm³/mol. The minimum absolute atomic E-state index is 0.281. The topological polar surface area (TPSA) is 9.23 Å². The van der Waals surface area contributed by atoms with Crippen molar-refractivity contribution in [2.75, 3.05) is 7.11 Å². The molecule has 0 fully saturated rings. The highest BCUT2D eigenvalue weighted by Gasteiger charge is 2.24. The number of rotatable bonds is 4. The summed E-state index contributed by atoms with van der Waals surface area (Å²) in [4.78, 5) is 0. The van der Waals surface area contributed by atoms with Gasteiger partial charge in [-0.3, -0.25) is 0 Å². The summed E-state index contributed by atoms with van der Waals surface area (Å²) >= 11 is 0. The van der Waals surface area contributed by atoms with Gasteiger partial charge in [0.05, 0.1) is 7.11 Å². The number of alkyl halides is 2. The molecule has 0 radical (unpaired) electrons. The Kier molecular flexibility index (Phi) is 3.89. The second-order valence-electron chi connectivity index (χ2n) is 4.47. The third-order valence-corrected chi connectivity index (χ3v) is 2.47. The van der Waals surface area contributed by atoms with Gasteiger partial charge in [0, 0.05) is 12.0 Å². The summed E-state index contributed by atoms with van der Waals surface area (Å²) in [5, 5.41) is 0. The minimum Gasteiger partial charge on any atom is -0.496 e. The summed E-state index contributed by atoms with van der Waals surface area (Å²) < 4.78 is 31.1. The van der Waals surface area contributed by atoms with Gasteiger partial charge in [-0.25, -0.2) is 8.78 Å². The summed E-state index contributed by atoms with van der Waals surface area (Å²) in [5.74, 6) is -1.84. The molecule has 3 heteroatoms. The van der Waals surface area contributed by atoms with Crippen LogP contribution < -0.4 is 4.74 Å². The van der Waals surface area contributed by atoms with Gasteiger partial charge in [-0.05, 0) is 24.5 Å². The lowest BCUT2D eigenvalue weighted by molar-refractivity contribution is 0.0220. The van der Waals surface area contributed by atoms with Gasteiger partial charge in [0.15, 0.2) is 0 Å². The number of benzene rings is 1. The molecule has 0 aromatic heterocycles. The molecule has 1 aromatic carbocycles. The van der Waals surface area contributed by atoms with Crippen LogP contribution in [0.3, 0.4) is 0 Å². The Morgan fingerprint density at radius 3 is 2.38 bits per heavy atom. The molecule has 0 atom stereocenters. The lowest BCUT2D eigenvalue weighted by atomic mass is 9.97. The summed E-state index contributed by atoms with van der Waals surface area (Å²) in [6, 6.07) is 5.48. The standard InChI is InChI=1S/C13H18F2O/c1-9(2)10-5-6-12(16-4)11(7-10)8-13(3,14)15/h5-7,9H,8H2,1-4H3. The fraction of sp³-hybridized carbons (Fsp3) is 0.538. The number of ether oxygens (including phenoxy) is 1. The number of halogens is 2. The van der Waals surface area contributed by atoms with Gasteiger partial charge >= 0.3 is 0 Å². The van der Waals surface area contributed by atoms with Gasteiger partial charge in [-0.15, -0.1) is 0 Å². The Bertz CT molecular complexity index is 353. The SMILES string of the molecule is COc1ccc(C(C)C)cc1CC(C)(F)F. The lowest BCUT2D eigenvalue weighted by Crippen LogP contribution is -2.14. The molecule has 0 spiro atoms. The highest BCUT2D eigenvalue weighted by Crippen LogP contribution is 2.29. The number of hydrogen-bond donors (Lipinski definition) is 0. The predicted octanol–water partition coefficient (Wildman–Crippen LogP) is 4.02. The zero-order valence-electron chi connectivity index (χ0n) is 10.2. The molecule has 0 bridgehead atoms. The van der Waals surface area contributed by atoms with E-state index in [1.807, 2.05) is 19.9 Å². The number of hydrogen-bond acceptors (Lipinski definition) is 1. The van der Waals surface area contributed by atoms with E-state index in [2.05, 4.69) is 0 Å². The van der Waals surface area contributed by atoms with Crippen molar-refractivity contribution in [2.24, 2.45) is 0 Å². The van der Waals surface area contributed by atoms with Crippen LogP contribution >= 0.6 is 0 Å². The van der Waals surface area contributed by atoms with Crippen LogP contribution in [0.4, 0.5) is 8.78 Å². The largest absolute Gasteiger partial charge is 0.496 e. The fourth-order valence-electron chi connectivity index (χ4n) is 1.63. The monoisotopic (exact) mass is 228 g/mol. The molecule has 0 saturated carbocycles. The van der Waals surface area contributed by atoms with Crippen LogP contribution in [0.1, 0.15) is 37.8 Å². The molecule has 0 unspecified atom stereocenters. The zero-order chi connectivity index (χ0) is 12.3. The first-order chi connectivity index (χ1) is 7.33. The lowest BCUT2D eigenvalue weighted by Gasteiger charge is -2.16. The summed E-state index contributed by atoms with van der Waals surface area (Å²) in [6.07, 6.45) is -0.281. The molecule has 0 aliphatic carbocycles. The Balaban J connectivity index is 3.07. The van der Waals surface area contributed by atoms with E-state index in [1.54, 1.807) is 12.1 Å². The normalized spacial score (nSPS) is 11.9. The van der Waals surface area contributed by atoms with E-state index in [1.165, 1.54) is 7.11 Å². The van der Waals surface area contributed by atoms with Gasteiger partial charge in [0.25, 0.3) is 0 Å². The van der Waals surface area contributed by atoms with Crippen LogP contribution in [0.15, 0.2) is 18.2 Å². The molecule has 16 heavy (non-hydrogen) atoms. The maximum absolute atomic E-state index is 13.0. The maximum Gasteiger partial charge on any atom is 0.249 e. The third-order valence-electron chi connectivity index (χ3n) is 2.47. The van der Waals surface area contributed by atoms with Crippen LogP contribution in [-0.2, 0) is 6.42 Å². The molecule has 1 aromatic rings. The summed E-state index contributed by atoms with van der Waals surface area (Å²) in [6.45, 7) is 5.00. The Hall–Kier alpha value is -1.12.